The SMILES string of the molecule is C[C@]12CC[C@@H]3c4ccc(O)cc4C(=O)C[C@H]3[C@@H]1CCC2O.C[C@]12CC[C@@H]3c4ccc(O)cc4C(=O)C[C@H]3[C@@H]1CCC2O. The minimum absolute atomic E-state index is 0.00410. The van der Waals surface area contributed by atoms with Crippen molar-refractivity contribution in [2.24, 2.45) is 34.5 Å². The lowest BCUT2D eigenvalue weighted by molar-refractivity contribution is -0.0208. The monoisotopic (exact) mass is 572 g/mol. The summed E-state index contributed by atoms with van der Waals surface area (Å²) in [4.78, 5) is 25.0. The van der Waals surface area contributed by atoms with Gasteiger partial charge in [-0.3, -0.25) is 9.59 Å². The molecule has 224 valence electrons. The molecule has 6 aliphatic rings. The van der Waals surface area contributed by atoms with Crippen LogP contribution in [0.2, 0.25) is 0 Å². The third-order valence-electron chi connectivity index (χ3n) is 13.1. The molecule has 0 amide bonds. The van der Waals surface area contributed by atoms with E-state index < -0.39 is 0 Å². The van der Waals surface area contributed by atoms with Crippen LogP contribution in [0, 0.1) is 34.5 Å². The highest BCUT2D eigenvalue weighted by atomic mass is 16.3. The Hall–Kier alpha value is -2.70. The number of phenolic OH excluding ortho intramolecular Hbond substituents is 2. The number of hydrogen-bond donors (Lipinski definition) is 4. The summed E-state index contributed by atoms with van der Waals surface area (Å²) in [6.07, 6.45) is 8.73. The van der Waals surface area contributed by atoms with Crippen molar-refractivity contribution in [3.05, 3.63) is 58.7 Å². The smallest absolute Gasteiger partial charge is 0.163 e. The number of Topliss-reactive ketones (excluding diaryl/α,β-unsaturated/α-hetero) is 2. The summed E-state index contributed by atoms with van der Waals surface area (Å²) in [5, 5.41) is 40.0. The Morgan fingerprint density at radius 2 is 1.02 bits per heavy atom. The highest BCUT2D eigenvalue weighted by Crippen LogP contribution is 2.62. The van der Waals surface area contributed by atoms with Crippen molar-refractivity contribution in [3.8, 4) is 11.5 Å². The van der Waals surface area contributed by atoms with E-state index in [9.17, 15) is 30.0 Å². The molecule has 4 fully saturated rings. The van der Waals surface area contributed by atoms with Gasteiger partial charge in [0.2, 0.25) is 0 Å². The van der Waals surface area contributed by atoms with E-state index in [4.69, 9.17) is 0 Å². The van der Waals surface area contributed by atoms with Crippen molar-refractivity contribution in [1.82, 2.24) is 0 Å². The largest absolute Gasteiger partial charge is 0.508 e. The van der Waals surface area contributed by atoms with Crippen LogP contribution in [0.5, 0.6) is 11.5 Å². The highest BCUT2D eigenvalue weighted by molar-refractivity contribution is 6.00. The van der Waals surface area contributed by atoms with Gasteiger partial charge in [-0.15, -0.1) is 0 Å². The van der Waals surface area contributed by atoms with Crippen LogP contribution in [0.4, 0.5) is 0 Å². The Labute approximate surface area is 248 Å². The molecule has 4 N–H and O–H groups in total. The first kappa shape index (κ1) is 28.1. The summed E-state index contributed by atoms with van der Waals surface area (Å²) >= 11 is 0. The second-order valence-corrected chi connectivity index (χ2v) is 14.8. The number of hydrogen-bond acceptors (Lipinski definition) is 6. The molecule has 0 aliphatic heterocycles. The summed E-state index contributed by atoms with van der Waals surface area (Å²) in [5.41, 5.74) is 3.68. The van der Waals surface area contributed by atoms with Crippen molar-refractivity contribution in [2.45, 2.75) is 102 Å². The number of rotatable bonds is 0. The van der Waals surface area contributed by atoms with E-state index in [1.165, 1.54) is 0 Å². The number of carbonyl (C=O) groups is 2. The maximum Gasteiger partial charge on any atom is 0.163 e. The van der Waals surface area contributed by atoms with E-state index in [2.05, 4.69) is 13.8 Å². The number of aliphatic hydroxyl groups is 2. The van der Waals surface area contributed by atoms with Gasteiger partial charge in [0.25, 0.3) is 0 Å². The first-order chi connectivity index (χ1) is 20.0. The van der Waals surface area contributed by atoms with Crippen LogP contribution in [0.1, 0.15) is 122 Å². The van der Waals surface area contributed by atoms with Gasteiger partial charge in [0.05, 0.1) is 12.2 Å². The first-order valence-electron chi connectivity index (χ1n) is 16.1. The fourth-order valence-electron chi connectivity index (χ4n) is 10.7. The van der Waals surface area contributed by atoms with Crippen LogP contribution in [0.25, 0.3) is 0 Å². The fraction of sp³-hybridized carbons (Fsp3) is 0.611. The molecule has 0 aromatic heterocycles. The van der Waals surface area contributed by atoms with E-state index in [1.54, 1.807) is 24.3 Å². The standard InChI is InChI=1S/2C18H22O3/c2*1-18-7-6-12-11-3-2-10(19)8-14(11)16(20)9-13(12)15(18)4-5-17(18)21/h2*2-3,8,12-13,15,17,19,21H,4-7,9H2,1H3/t2*12-,13-,15+,17?,18+/m11/s1. The lowest BCUT2D eigenvalue weighted by Crippen LogP contribution is -2.44. The topological polar surface area (TPSA) is 115 Å². The van der Waals surface area contributed by atoms with Crippen LogP contribution in [0.15, 0.2) is 36.4 Å². The third-order valence-corrected chi connectivity index (χ3v) is 13.1. The van der Waals surface area contributed by atoms with E-state index >= 15 is 0 Å². The maximum atomic E-state index is 12.5. The lowest BCUT2D eigenvalue weighted by Gasteiger charge is -2.49. The molecular formula is C36H44O6. The number of aromatic hydroxyl groups is 2. The zero-order chi connectivity index (χ0) is 29.6. The summed E-state index contributed by atoms with van der Waals surface area (Å²) < 4.78 is 0. The molecule has 0 bridgehead atoms. The van der Waals surface area contributed by atoms with Gasteiger partial charge < -0.3 is 20.4 Å². The predicted octanol–water partition coefficient (Wildman–Crippen LogP) is 6.50. The molecule has 6 aliphatic carbocycles. The van der Waals surface area contributed by atoms with Crippen LogP contribution < -0.4 is 0 Å². The molecule has 6 heteroatoms. The Morgan fingerprint density at radius 3 is 1.43 bits per heavy atom. The van der Waals surface area contributed by atoms with Gasteiger partial charge in [0, 0.05) is 24.0 Å². The summed E-state index contributed by atoms with van der Waals surface area (Å²) in [6, 6.07) is 10.5. The number of benzene rings is 2. The Morgan fingerprint density at radius 1 is 0.619 bits per heavy atom. The molecule has 42 heavy (non-hydrogen) atoms. The predicted molar refractivity (Wildman–Crippen MR) is 159 cm³/mol. The molecule has 0 radical (unpaired) electrons. The van der Waals surface area contributed by atoms with Gasteiger partial charge in [0.15, 0.2) is 11.6 Å². The lowest BCUT2D eigenvalue weighted by atomic mass is 9.55. The van der Waals surface area contributed by atoms with Crippen LogP contribution in [0.3, 0.4) is 0 Å². The number of ketones is 2. The molecule has 2 unspecified atom stereocenters. The van der Waals surface area contributed by atoms with E-state index in [-0.39, 0.29) is 46.1 Å². The fourth-order valence-corrected chi connectivity index (χ4v) is 10.7. The Bertz CT molecular complexity index is 1320. The number of aliphatic hydroxyl groups excluding tert-OH is 2. The molecule has 8 rings (SSSR count). The van der Waals surface area contributed by atoms with Gasteiger partial charge in [0.1, 0.15) is 11.5 Å². The minimum atomic E-state index is -0.209. The van der Waals surface area contributed by atoms with E-state index in [1.807, 2.05) is 12.1 Å². The molecule has 0 spiro atoms. The zero-order valence-corrected chi connectivity index (χ0v) is 24.8. The summed E-state index contributed by atoms with van der Waals surface area (Å²) in [6.45, 7) is 4.42. The minimum Gasteiger partial charge on any atom is -0.508 e. The van der Waals surface area contributed by atoms with Crippen LogP contribution in [-0.4, -0.2) is 44.2 Å². The molecule has 0 saturated heterocycles. The molecule has 4 saturated carbocycles. The second kappa shape index (κ2) is 9.92. The Balaban J connectivity index is 0.000000137. The van der Waals surface area contributed by atoms with E-state index in [0.29, 0.717) is 48.3 Å². The summed E-state index contributed by atoms with van der Waals surface area (Å²) in [5.74, 6) is 3.16. The number of carbonyl (C=O) groups excluding carboxylic acids is 2. The van der Waals surface area contributed by atoms with Gasteiger partial charge in [-0.05, 0) is 133 Å². The van der Waals surface area contributed by atoms with Gasteiger partial charge >= 0.3 is 0 Å². The van der Waals surface area contributed by atoms with Gasteiger partial charge in [-0.25, -0.2) is 0 Å². The van der Waals surface area contributed by atoms with Crippen molar-refractivity contribution in [2.75, 3.05) is 0 Å². The molecule has 6 nitrogen and oxygen atoms in total. The molecular weight excluding hydrogens is 528 g/mol. The maximum absolute atomic E-state index is 12.5. The average Bonchev–Trinajstić information content (AvgIpc) is 3.44. The van der Waals surface area contributed by atoms with Gasteiger partial charge in [-0.2, -0.15) is 0 Å². The second-order valence-electron chi connectivity index (χ2n) is 14.8. The quantitative estimate of drug-likeness (QED) is 0.287. The Kier molecular flexibility index (Phi) is 6.63. The third kappa shape index (κ3) is 4.11. The average molecular weight is 573 g/mol. The zero-order valence-electron chi connectivity index (χ0n) is 24.8. The molecule has 0 heterocycles. The molecule has 10 atom stereocenters. The van der Waals surface area contributed by atoms with Crippen LogP contribution in [-0.2, 0) is 0 Å². The van der Waals surface area contributed by atoms with Crippen LogP contribution >= 0.6 is 0 Å². The van der Waals surface area contributed by atoms with Crippen molar-refractivity contribution < 1.29 is 30.0 Å². The van der Waals surface area contributed by atoms with Crippen molar-refractivity contribution in [1.29, 1.82) is 0 Å². The van der Waals surface area contributed by atoms with E-state index in [0.717, 1.165) is 73.6 Å². The number of phenols is 2. The van der Waals surface area contributed by atoms with Gasteiger partial charge in [-0.1, -0.05) is 26.0 Å². The first-order valence-corrected chi connectivity index (χ1v) is 16.1. The molecule has 2 aromatic rings. The van der Waals surface area contributed by atoms with Crippen molar-refractivity contribution in [3.63, 3.8) is 0 Å². The normalized spacial score (nSPS) is 41.3. The number of fused-ring (bicyclic) bond motifs is 10. The summed E-state index contributed by atoms with van der Waals surface area (Å²) in [7, 11) is 0. The highest BCUT2D eigenvalue weighted by Gasteiger charge is 2.56. The van der Waals surface area contributed by atoms with Crippen molar-refractivity contribution >= 4 is 11.6 Å². The molecule has 2 aromatic carbocycles.